The van der Waals surface area contributed by atoms with E-state index in [1.807, 2.05) is 53.4 Å². The first-order valence-electron chi connectivity index (χ1n) is 9.04. The number of para-hydroxylation sites is 1. The van der Waals surface area contributed by atoms with Gasteiger partial charge in [0.2, 0.25) is 11.8 Å². The minimum Gasteiger partial charge on any atom is -0.496 e. The molecule has 0 spiro atoms. The lowest BCUT2D eigenvalue weighted by Crippen LogP contribution is -2.29. The molecule has 1 aromatic heterocycles. The number of amides is 1. The summed E-state index contributed by atoms with van der Waals surface area (Å²) in [4.78, 5) is 14.7. The molecule has 0 saturated carbocycles. The number of likely N-dealkylation sites (tertiary alicyclic amines) is 1. The number of ether oxygens (including phenoxy) is 1. The van der Waals surface area contributed by atoms with Gasteiger partial charge < -0.3 is 14.1 Å². The number of nitrogens with zero attached hydrogens (tertiary/aromatic N) is 3. The number of carbonyl (C=O) groups is 1. The fourth-order valence-electron chi connectivity index (χ4n) is 3.46. The minimum absolute atomic E-state index is 0.00505. The van der Waals surface area contributed by atoms with Crippen molar-refractivity contribution in [2.45, 2.75) is 12.8 Å². The summed E-state index contributed by atoms with van der Waals surface area (Å²) in [6.07, 6.45) is 1.60. The van der Waals surface area contributed by atoms with E-state index in [-0.39, 0.29) is 5.91 Å². The van der Waals surface area contributed by atoms with Crippen LogP contribution in [0, 0.1) is 5.92 Å². The molecule has 2 heterocycles. The molecule has 6 heteroatoms. The van der Waals surface area contributed by atoms with Crippen molar-refractivity contribution in [2.24, 2.45) is 5.92 Å². The molecule has 1 atom stereocenters. The van der Waals surface area contributed by atoms with Crippen LogP contribution in [0.5, 0.6) is 5.75 Å². The van der Waals surface area contributed by atoms with E-state index in [0.29, 0.717) is 42.0 Å². The van der Waals surface area contributed by atoms with Crippen molar-refractivity contribution in [3.63, 3.8) is 0 Å². The van der Waals surface area contributed by atoms with E-state index in [2.05, 4.69) is 10.2 Å². The minimum atomic E-state index is 0.00505. The highest BCUT2D eigenvalue weighted by Crippen LogP contribution is 2.26. The van der Waals surface area contributed by atoms with Gasteiger partial charge in [-0.15, -0.1) is 10.2 Å². The number of hydrogen-bond acceptors (Lipinski definition) is 5. The zero-order chi connectivity index (χ0) is 18.6. The third-order valence-corrected chi connectivity index (χ3v) is 4.86. The SMILES string of the molecule is COc1ccccc1C(=O)N1CCC(Cc2nnc(-c3ccccc3)o2)C1. The van der Waals surface area contributed by atoms with Crippen molar-refractivity contribution in [3.8, 4) is 17.2 Å². The molecule has 1 saturated heterocycles. The molecule has 0 bridgehead atoms. The van der Waals surface area contributed by atoms with Crippen LogP contribution < -0.4 is 4.74 Å². The van der Waals surface area contributed by atoms with Crippen LogP contribution in [0.4, 0.5) is 0 Å². The maximum Gasteiger partial charge on any atom is 0.257 e. The topological polar surface area (TPSA) is 68.5 Å². The lowest BCUT2D eigenvalue weighted by atomic mass is 10.1. The van der Waals surface area contributed by atoms with Crippen molar-refractivity contribution in [3.05, 3.63) is 66.1 Å². The van der Waals surface area contributed by atoms with Crippen LogP contribution in [0.3, 0.4) is 0 Å². The largest absolute Gasteiger partial charge is 0.496 e. The third-order valence-electron chi connectivity index (χ3n) is 4.86. The maximum absolute atomic E-state index is 12.8. The van der Waals surface area contributed by atoms with Crippen molar-refractivity contribution < 1.29 is 13.9 Å². The fraction of sp³-hybridized carbons (Fsp3) is 0.286. The van der Waals surface area contributed by atoms with Gasteiger partial charge in [-0.1, -0.05) is 30.3 Å². The van der Waals surface area contributed by atoms with Crippen LogP contribution in [0.25, 0.3) is 11.5 Å². The zero-order valence-electron chi connectivity index (χ0n) is 15.2. The molecular formula is C21H21N3O3. The Kier molecular flexibility index (Phi) is 4.87. The second-order valence-corrected chi connectivity index (χ2v) is 6.68. The molecule has 1 amide bonds. The predicted molar refractivity (Wildman–Crippen MR) is 100 cm³/mol. The summed E-state index contributed by atoms with van der Waals surface area (Å²) in [6, 6.07) is 17.1. The van der Waals surface area contributed by atoms with E-state index in [1.54, 1.807) is 13.2 Å². The van der Waals surface area contributed by atoms with Crippen molar-refractivity contribution in [2.75, 3.05) is 20.2 Å². The lowest BCUT2D eigenvalue weighted by molar-refractivity contribution is 0.0783. The number of hydrogen-bond donors (Lipinski definition) is 0. The van der Waals surface area contributed by atoms with E-state index < -0.39 is 0 Å². The lowest BCUT2D eigenvalue weighted by Gasteiger charge is -2.17. The molecule has 0 aliphatic carbocycles. The average molecular weight is 363 g/mol. The maximum atomic E-state index is 12.8. The van der Waals surface area contributed by atoms with E-state index in [4.69, 9.17) is 9.15 Å². The Hall–Kier alpha value is -3.15. The average Bonchev–Trinajstić information content (AvgIpc) is 3.38. The molecule has 1 aliphatic heterocycles. The highest BCUT2D eigenvalue weighted by atomic mass is 16.5. The fourth-order valence-corrected chi connectivity index (χ4v) is 3.46. The number of rotatable bonds is 5. The Morgan fingerprint density at radius 1 is 1.15 bits per heavy atom. The van der Waals surface area contributed by atoms with Crippen LogP contribution in [-0.4, -0.2) is 41.2 Å². The highest BCUT2D eigenvalue weighted by Gasteiger charge is 2.29. The quantitative estimate of drug-likeness (QED) is 0.694. The molecule has 2 aromatic carbocycles. The normalized spacial score (nSPS) is 16.5. The molecule has 0 N–H and O–H groups in total. The summed E-state index contributed by atoms with van der Waals surface area (Å²) in [5.41, 5.74) is 1.51. The highest BCUT2D eigenvalue weighted by molar-refractivity contribution is 5.97. The smallest absolute Gasteiger partial charge is 0.257 e. The van der Waals surface area contributed by atoms with Gasteiger partial charge in [0.05, 0.1) is 12.7 Å². The van der Waals surface area contributed by atoms with Crippen molar-refractivity contribution in [1.82, 2.24) is 15.1 Å². The summed E-state index contributed by atoms with van der Waals surface area (Å²) >= 11 is 0. The monoisotopic (exact) mass is 363 g/mol. The predicted octanol–water partition coefficient (Wildman–Crippen LogP) is 3.45. The number of benzene rings is 2. The van der Waals surface area contributed by atoms with Crippen LogP contribution in [0.2, 0.25) is 0 Å². The van der Waals surface area contributed by atoms with Gasteiger partial charge in [0, 0.05) is 25.1 Å². The molecule has 1 unspecified atom stereocenters. The first-order chi connectivity index (χ1) is 13.2. The second-order valence-electron chi connectivity index (χ2n) is 6.68. The first kappa shape index (κ1) is 17.3. The van der Waals surface area contributed by atoms with Gasteiger partial charge in [-0.05, 0) is 36.6 Å². The Balaban J connectivity index is 1.40. The molecule has 1 fully saturated rings. The molecular weight excluding hydrogens is 342 g/mol. The Labute approximate surface area is 157 Å². The summed E-state index contributed by atoms with van der Waals surface area (Å²) in [5.74, 6) is 2.07. The summed E-state index contributed by atoms with van der Waals surface area (Å²) in [6.45, 7) is 1.40. The summed E-state index contributed by atoms with van der Waals surface area (Å²) in [5, 5.41) is 8.31. The van der Waals surface area contributed by atoms with Crippen LogP contribution in [0.1, 0.15) is 22.7 Å². The molecule has 138 valence electrons. The van der Waals surface area contributed by atoms with E-state index in [0.717, 1.165) is 18.5 Å². The molecule has 6 nitrogen and oxygen atoms in total. The molecule has 0 radical (unpaired) electrons. The van der Waals surface area contributed by atoms with Gasteiger partial charge in [-0.25, -0.2) is 0 Å². The molecule has 3 aromatic rings. The van der Waals surface area contributed by atoms with Gasteiger partial charge in [-0.2, -0.15) is 0 Å². The first-order valence-corrected chi connectivity index (χ1v) is 9.04. The van der Waals surface area contributed by atoms with Crippen molar-refractivity contribution >= 4 is 5.91 Å². The van der Waals surface area contributed by atoms with Crippen molar-refractivity contribution in [1.29, 1.82) is 0 Å². The van der Waals surface area contributed by atoms with Gasteiger partial charge in [0.25, 0.3) is 5.91 Å². The van der Waals surface area contributed by atoms with Gasteiger partial charge >= 0.3 is 0 Å². The number of carbonyl (C=O) groups excluding carboxylic acids is 1. The zero-order valence-corrected chi connectivity index (χ0v) is 15.2. The molecule has 1 aliphatic rings. The van der Waals surface area contributed by atoms with E-state index in [9.17, 15) is 4.79 Å². The summed E-state index contributed by atoms with van der Waals surface area (Å²) < 4.78 is 11.1. The van der Waals surface area contributed by atoms with Gasteiger partial charge in [-0.3, -0.25) is 4.79 Å². The van der Waals surface area contributed by atoms with Crippen LogP contribution in [0.15, 0.2) is 59.0 Å². The second kappa shape index (κ2) is 7.61. The third kappa shape index (κ3) is 3.69. The van der Waals surface area contributed by atoms with E-state index >= 15 is 0 Å². The Bertz CT molecular complexity index is 923. The Morgan fingerprint density at radius 2 is 1.93 bits per heavy atom. The van der Waals surface area contributed by atoms with Crippen LogP contribution in [-0.2, 0) is 6.42 Å². The number of methoxy groups -OCH3 is 1. The summed E-state index contributed by atoms with van der Waals surface area (Å²) in [7, 11) is 1.58. The van der Waals surface area contributed by atoms with E-state index in [1.165, 1.54) is 0 Å². The molecule has 4 rings (SSSR count). The Morgan fingerprint density at radius 3 is 2.74 bits per heavy atom. The van der Waals surface area contributed by atoms with Gasteiger partial charge in [0.1, 0.15) is 5.75 Å². The van der Waals surface area contributed by atoms with Gasteiger partial charge in [0.15, 0.2) is 0 Å². The molecule has 27 heavy (non-hydrogen) atoms. The number of aromatic nitrogens is 2. The standard InChI is InChI=1S/C21H21N3O3/c1-26-18-10-6-5-9-17(18)21(25)24-12-11-15(14-24)13-19-22-23-20(27-19)16-7-3-2-4-8-16/h2-10,15H,11-14H2,1H3. The van der Waals surface area contributed by atoms with Crippen LogP contribution >= 0.6 is 0 Å².